The first-order valence-electron chi connectivity index (χ1n) is 6.79. The first-order valence-corrected chi connectivity index (χ1v) is 6.79. The molecule has 0 spiro atoms. The highest BCUT2D eigenvalue weighted by atomic mass is 16.5. The molecule has 2 rings (SSSR count). The molecule has 0 radical (unpaired) electrons. The smallest absolute Gasteiger partial charge is 0.374 e. The first kappa shape index (κ1) is 14.1. The van der Waals surface area contributed by atoms with E-state index in [2.05, 4.69) is 10.2 Å². The molecular formula is C14H22N2O3. The molecular weight excluding hydrogens is 244 g/mol. The molecule has 1 saturated heterocycles. The van der Waals surface area contributed by atoms with Crippen LogP contribution in [0.25, 0.3) is 0 Å². The molecule has 1 aromatic heterocycles. The van der Waals surface area contributed by atoms with Crippen molar-refractivity contribution >= 4 is 5.97 Å². The van der Waals surface area contributed by atoms with Crippen molar-refractivity contribution in [1.29, 1.82) is 0 Å². The molecule has 2 heterocycles. The van der Waals surface area contributed by atoms with E-state index >= 15 is 0 Å². The molecule has 1 fully saturated rings. The number of nitrogens with zero attached hydrogens (tertiary/aromatic N) is 1. The summed E-state index contributed by atoms with van der Waals surface area (Å²) in [6.45, 7) is 2.79. The monoisotopic (exact) mass is 266 g/mol. The Balaban J connectivity index is 2.06. The Kier molecular flexibility index (Phi) is 4.99. The molecule has 0 saturated carbocycles. The number of methoxy groups -OCH3 is 1. The van der Waals surface area contributed by atoms with Crippen molar-refractivity contribution in [3.05, 3.63) is 23.7 Å². The van der Waals surface area contributed by atoms with Gasteiger partial charge in [-0.15, -0.1) is 0 Å². The van der Waals surface area contributed by atoms with Crippen LogP contribution in [0, 0.1) is 0 Å². The molecule has 1 aliphatic rings. The third kappa shape index (κ3) is 3.36. The van der Waals surface area contributed by atoms with Gasteiger partial charge in [0, 0.05) is 24.7 Å². The fraction of sp³-hybridized carbons (Fsp3) is 0.643. The summed E-state index contributed by atoms with van der Waals surface area (Å²) in [4.78, 5) is 14.0. The molecule has 1 N–H and O–H groups in total. The topological polar surface area (TPSA) is 54.7 Å². The summed E-state index contributed by atoms with van der Waals surface area (Å²) in [6.07, 6.45) is 5.24. The summed E-state index contributed by atoms with van der Waals surface area (Å²) in [5.41, 5.74) is 0.912. The Morgan fingerprint density at radius 3 is 3.16 bits per heavy atom. The van der Waals surface area contributed by atoms with Crippen molar-refractivity contribution in [3.8, 4) is 0 Å². The van der Waals surface area contributed by atoms with Crippen LogP contribution in [0.3, 0.4) is 0 Å². The lowest BCUT2D eigenvalue weighted by Gasteiger charge is -2.35. The van der Waals surface area contributed by atoms with Crippen LogP contribution in [0.4, 0.5) is 0 Å². The Morgan fingerprint density at radius 2 is 2.42 bits per heavy atom. The molecule has 1 unspecified atom stereocenters. The second-order valence-corrected chi connectivity index (χ2v) is 4.94. The number of esters is 1. The van der Waals surface area contributed by atoms with E-state index < -0.39 is 5.97 Å². The zero-order valence-corrected chi connectivity index (χ0v) is 11.6. The van der Waals surface area contributed by atoms with E-state index in [-0.39, 0.29) is 0 Å². The van der Waals surface area contributed by atoms with Crippen molar-refractivity contribution in [3.63, 3.8) is 0 Å². The number of piperidine rings is 1. The number of likely N-dealkylation sites (N-methyl/N-ethyl adjacent to an activating group) is 1. The van der Waals surface area contributed by atoms with Crippen molar-refractivity contribution in [2.45, 2.75) is 31.8 Å². The van der Waals surface area contributed by atoms with Crippen LogP contribution >= 0.6 is 0 Å². The molecule has 5 heteroatoms. The molecule has 0 amide bonds. The minimum absolute atomic E-state index is 0.330. The van der Waals surface area contributed by atoms with E-state index in [0.717, 1.165) is 25.2 Å². The van der Waals surface area contributed by atoms with Crippen molar-refractivity contribution in [2.24, 2.45) is 0 Å². The van der Waals surface area contributed by atoms with E-state index in [0.29, 0.717) is 11.8 Å². The fourth-order valence-corrected chi connectivity index (χ4v) is 2.69. The van der Waals surface area contributed by atoms with Crippen LogP contribution in [-0.2, 0) is 11.3 Å². The van der Waals surface area contributed by atoms with Gasteiger partial charge in [0.1, 0.15) is 0 Å². The summed E-state index contributed by atoms with van der Waals surface area (Å²) in [6, 6.07) is 2.39. The summed E-state index contributed by atoms with van der Waals surface area (Å²) >= 11 is 0. The van der Waals surface area contributed by atoms with Crippen LogP contribution < -0.4 is 5.32 Å². The number of rotatable bonds is 5. The van der Waals surface area contributed by atoms with Gasteiger partial charge in [0.05, 0.1) is 13.4 Å². The molecule has 19 heavy (non-hydrogen) atoms. The van der Waals surface area contributed by atoms with Gasteiger partial charge in [-0.1, -0.05) is 6.42 Å². The highest BCUT2D eigenvalue weighted by Crippen LogP contribution is 2.21. The lowest BCUT2D eigenvalue weighted by Crippen LogP contribution is -2.44. The average Bonchev–Trinajstić information content (AvgIpc) is 2.88. The van der Waals surface area contributed by atoms with E-state index in [1.165, 1.54) is 26.4 Å². The number of hydrogen-bond donors (Lipinski definition) is 1. The fourth-order valence-electron chi connectivity index (χ4n) is 2.69. The minimum Gasteiger partial charge on any atom is -0.463 e. The third-order valence-corrected chi connectivity index (χ3v) is 3.68. The summed E-state index contributed by atoms with van der Waals surface area (Å²) < 4.78 is 9.97. The Hall–Kier alpha value is -1.33. The molecule has 5 nitrogen and oxygen atoms in total. The minimum atomic E-state index is -0.401. The molecule has 0 bridgehead atoms. The maximum atomic E-state index is 11.6. The summed E-state index contributed by atoms with van der Waals surface area (Å²) in [5.74, 6) is -0.0709. The number of ether oxygens (including phenoxy) is 1. The predicted molar refractivity (Wildman–Crippen MR) is 72.0 cm³/mol. The van der Waals surface area contributed by atoms with Crippen LogP contribution in [0.2, 0.25) is 0 Å². The highest BCUT2D eigenvalue weighted by molar-refractivity contribution is 5.87. The van der Waals surface area contributed by atoms with Gasteiger partial charge in [-0.05, 0) is 32.5 Å². The zero-order chi connectivity index (χ0) is 13.7. The second kappa shape index (κ2) is 6.73. The molecule has 1 aromatic rings. The van der Waals surface area contributed by atoms with E-state index in [4.69, 9.17) is 9.15 Å². The maximum absolute atomic E-state index is 11.6. The standard InChI is InChI=1S/C14H22N2O3/c1-15-9-12-5-3-4-7-16(12)10-11-6-8-19-13(11)14(17)18-2/h6,8,12,15H,3-5,7,9-10H2,1-2H3. The SMILES string of the molecule is CNCC1CCCCN1Cc1ccoc1C(=O)OC. The number of carbonyl (C=O) groups excluding carboxylic acids is 1. The molecule has 0 aromatic carbocycles. The van der Waals surface area contributed by atoms with Crippen molar-refractivity contribution in [2.75, 3.05) is 27.2 Å². The number of nitrogens with one attached hydrogen (secondary N) is 1. The maximum Gasteiger partial charge on any atom is 0.374 e. The Morgan fingerprint density at radius 1 is 1.58 bits per heavy atom. The molecule has 1 atom stereocenters. The van der Waals surface area contributed by atoms with Crippen LogP contribution in [0.15, 0.2) is 16.7 Å². The van der Waals surface area contributed by atoms with Gasteiger partial charge >= 0.3 is 5.97 Å². The lowest BCUT2D eigenvalue weighted by molar-refractivity contribution is 0.0559. The zero-order valence-electron chi connectivity index (χ0n) is 11.6. The van der Waals surface area contributed by atoms with Gasteiger partial charge in [0.15, 0.2) is 0 Å². The Bertz CT molecular complexity index is 415. The van der Waals surface area contributed by atoms with E-state index in [1.54, 1.807) is 6.26 Å². The van der Waals surface area contributed by atoms with Crippen LogP contribution in [0.5, 0.6) is 0 Å². The van der Waals surface area contributed by atoms with Gasteiger partial charge in [0.25, 0.3) is 0 Å². The van der Waals surface area contributed by atoms with Gasteiger partial charge in [0.2, 0.25) is 5.76 Å². The number of hydrogen-bond acceptors (Lipinski definition) is 5. The number of carbonyl (C=O) groups is 1. The second-order valence-electron chi connectivity index (χ2n) is 4.94. The molecule has 0 aliphatic carbocycles. The molecule has 1 aliphatic heterocycles. The number of furan rings is 1. The van der Waals surface area contributed by atoms with E-state index in [1.807, 2.05) is 13.1 Å². The predicted octanol–water partition coefficient (Wildman–Crippen LogP) is 1.64. The van der Waals surface area contributed by atoms with Crippen molar-refractivity contribution in [1.82, 2.24) is 10.2 Å². The largest absolute Gasteiger partial charge is 0.463 e. The van der Waals surface area contributed by atoms with Crippen molar-refractivity contribution < 1.29 is 13.9 Å². The third-order valence-electron chi connectivity index (χ3n) is 3.68. The average molecular weight is 266 g/mol. The van der Waals surface area contributed by atoms with E-state index in [9.17, 15) is 4.79 Å². The van der Waals surface area contributed by atoms with Gasteiger partial charge in [-0.2, -0.15) is 0 Å². The van der Waals surface area contributed by atoms with Gasteiger partial charge in [-0.25, -0.2) is 4.79 Å². The first-order chi connectivity index (χ1) is 9.26. The van der Waals surface area contributed by atoms with Gasteiger partial charge in [-0.3, -0.25) is 4.90 Å². The van der Waals surface area contributed by atoms with Crippen LogP contribution in [0.1, 0.15) is 35.4 Å². The van der Waals surface area contributed by atoms with Crippen LogP contribution in [-0.4, -0.2) is 44.2 Å². The van der Waals surface area contributed by atoms with Gasteiger partial charge < -0.3 is 14.5 Å². The summed E-state index contributed by atoms with van der Waals surface area (Å²) in [7, 11) is 3.35. The quantitative estimate of drug-likeness (QED) is 0.821. The molecule has 106 valence electrons. The normalized spacial score (nSPS) is 20.4. The summed E-state index contributed by atoms with van der Waals surface area (Å²) in [5, 5.41) is 3.24. The highest BCUT2D eigenvalue weighted by Gasteiger charge is 2.24. The number of likely N-dealkylation sites (tertiary alicyclic amines) is 1. The lowest BCUT2D eigenvalue weighted by atomic mass is 10.0. The Labute approximate surface area is 113 Å².